The third-order valence-electron chi connectivity index (χ3n) is 2.95. The van der Waals surface area contributed by atoms with Gasteiger partial charge >= 0.3 is 0 Å². The van der Waals surface area contributed by atoms with Crippen molar-refractivity contribution in [2.45, 2.75) is 13.1 Å². The molecule has 0 unspecified atom stereocenters. The highest BCUT2D eigenvalue weighted by Gasteiger charge is 2.02. The standard InChI is InChI=1S/C15H17ClN2/c1-18(15-8-6-14(16)7-9-15)11-13-4-2-12(10-17)3-5-13/h2-9H,10-11,17H2,1H3. The van der Waals surface area contributed by atoms with Crippen LogP contribution in [0.15, 0.2) is 48.5 Å². The second kappa shape index (κ2) is 5.89. The fraction of sp³-hybridized carbons (Fsp3) is 0.200. The molecule has 0 aliphatic carbocycles. The minimum absolute atomic E-state index is 0.591. The van der Waals surface area contributed by atoms with Crippen LogP contribution in [0, 0.1) is 0 Å². The Morgan fingerprint density at radius 3 is 2.06 bits per heavy atom. The van der Waals surface area contributed by atoms with Crippen molar-refractivity contribution in [1.82, 2.24) is 0 Å². The molecule has 2 aromatic rings. The highest BCUT2D eigenvalue weighted by molar-refractivity contribution is 6.30. The molecule has 0 bridgehead atoms. The van der Waals surface area contributed by atoms with Gasteiger partial charge in [0.15, 0.2) is 0 Å². The van der Waals surface area contributed by atoms with Gasteiger partial charge in [-0.1, -0.05) is 35.9 Å². The Hall–Kier alpha value is -1.51. The maximum Gasteiger partial charge on any atom is 0.0426 e. The molecule has 0 aliphatic heterocycles. The molecule has 2 rings (SSSR count). The van der Waals surface area contributed by atoms with Crippen LogP contribution in [0.4, 0.5) is 5.69 Å². The first kappa shape index (κ1) is 12.9. The third-order valence-corrected chi connectivity index (χ3v) is 3.20. The Morgan fingerprint density at radius 1 is 0.944 bits per heavy atom. The molecular formula is C15H17ClN2. The fourth-order valence-electron chi connectivity index (χ4n) is 1.84. The summed E-state index contributed by atoms with van der Waals surface area (Å²) in [6, 6.07) is 16.3. The van der Waals surface area contributed by atoms with Crippen molar-refractivity contribution in [3.63, 3.8) is 0 Å². The third kappa shape index (κ3) is 3.25. The van der Waals surface area contributed by atoms with Crippen molar-refractivity contribution in [3.8, 4) is 0 Å². The van der Waals surface area contributed by atoms with Crippen LogP contribution in [0.1, 0.15) is 11.1 Å². The fourth-order valence-corrected chi connectivity index (χ4v) is 1.97. The van der Waals surface area contributed by atoms with E-state index in [9.17, 15) is 0 Å². The van der Waals surface area contributed by atoms with Gasteiger partial charge in [-0.25, -0.2) is 0 Å². The van der Waals surface area contributed by atoms with E-state index in [1.807, 2.05) is 24.3 Å². The molecule has 0 amide bonds. The van der Waals surface area contributed by atoms with Crippen molar-refractivity contribution >= 4 is 17.3 Å². The van der Waals surface area contributed by atoms with E-state index in [0.29, 0.717) is 6.54 Å². The van der Waals surface area contributed by atoms with E-state index in [1.54, 1.807) is 0 Å². The number of hydrogen-bond donors (Lipinski definition) is 1. The van der Waals surface area contributed by atoms with Crippen molar-refractivity contribution in [3.05, 3.63) is 64.7 Å². The maximum atomic E-state index is 5.88. The first-order valence-electron chi connectivity index (χ1n) is 5.93. The summed E-state index contributed by atoms with van der Waals surface area (Å²) in [6.45, 7) is 1.46. The summed E-state index contributed by atoms with van der Waals surface area (Å²) < 4.78 is 0. The molecular weight excluding hydrogens is 244 g/mol. The molecule has 0 atom stereocenters. The predicted octanol–water partition coefficient (Wildman–Crippen LogP) is 3.44. The van der Waals surface area contributed by atoms with Gasteiger partial charge in [0.05, 0.1) is 0 Å². The Morgan fingerprint density at radius 2 is 1.50 bits per heavy atom. The Labute approximate surface area is 113 Å². The zero-order valence-electron chi connectivity index (χ0n) is 10.4. The Kier molecular flexibility index (Phi) is 4.24. The van der Waals surface area contributed by atoms with Gasteiger partial charge in [0, 0.05) is 30.8 Å². The summed E-state index contributed by atoms with van der Waals surface area (Å²) in [5.41, 5.74) is 9.17. The van der Waals surface area contributed by atoms with Crippen LogP contribution >= 0.6 is 11.6 Å². The summed E-state index contributed by atoms with van der Waals surface area (Å²) >= 11 is 5.88. The van der Waals surface area contributed by atoms with Gasteiger partial charge in [0.25, 0.3) is 0 Å². The molecule has 0 spiro atoms. The van der Waals surface area contributed by atoms with Crippen molar-refractivity contribution in [2.75, 3.05) is 11.9 Å². The second-order valence-corrected chi connectivity index (χ2v) is 4.79. The van der Waals surface area contributed by atoms with Crippen molar-refractivity contribution in [1.29, 1.82) is 0 Å². The van der Waals surface area contributed by atoms with E-state index in [1.165, 1.54) is 5.56 Å². The molecule has 2 nitrogen and oxygen atoms in total. The van der Waals surface area contributed by atoms with Gasteiger partial charge in [-0.15, -0.1) is 0 Å². The van der Waals surface area contributed by atoms with E-state index >= 15 is 0 Å². The van der Waals surface area contributed by atoms with Gasteiger partial charge in [0.2, 0.25) is 0 Å². The van der Waals surface area contributed by atoms with Crippen LogP contribution in [0.2, 0.25) is 5.02 Å². The van der Waals surface area contributed by atoms with Crippen LogP contribution in [0.5, 0.6) is 0 Å². The summed E-state index contributed by atoms with van der Waals surface area (Å²) in [4.78, 5) is 2.19. The molecule has 0 aliphatic rings. The monoisotopic (exact) mass is 260 g/mol. The largest absolute Gasteiger partial charge is 0.370 e. The zero-order chi connectivity index (χ0) is 13.0. The molecule has 0 saturated heterocycles. The van der Waals surface area contributed by atoms with E-state index in [-0.39, 0.29) is 0 Å². The van der Waals surface area contributed by atoms with Crippen LogP contribution in [0.25, 0.3) is 0 Å². The Balaban J connectivity index is 2.05. The summed E-state index contributed by atoms with van der Waals surface area (Å²) in [7, 11) is 2.07. The SMILES string of the molecule is CN(Cc1ccc(CN)cc1)c1ccc(Cl)cc1. The molecule has 18 heavy (non-hydrogen) atoms. The number of nitrogens with zero attached hydrogens (tertiary/aromatic N) is 1. The van der Waals surface area contributed by atoms with E-state index < -0.39 is 0 Å². The summed E-state index contributed by atoms with van der Waals surface area (Å²) in [6.07, 6.45) is 0. The molecule has 0 aromatic heterocycles. The minimum atomic E-state index is 0.591. The van der Waals surface area contributed by atoms with Crippen LogP contribution in [0.3, 0.4) is 0 Å². The highest BCUT2D eigenvalue weighted by Crippen LogP contribution is 2.18. The quantitative estimate of drug-likeness (QED) is 0.913. The average Bonchev–Trinajstić information content (AvgIpc) is 2.40. The van der Waals surface area contributed by atoms with Crippen molar-refractivity contribution in [2.24, 2.45) is 5.73 Å². The Bertz CT molecular complexity index is 491. The first-order chi connectivity index (χ1) is 8.69. The number of halogens is 1. The lowest BCUT2D eigenvalue weighted by Gasteiger charge is -2.19. The zero-order valence-corrected chi connectivity index (χ0v) is 11.2. The van der Waals surface area contributed by atoms with Crippen molar-refractivity contribution < 1.29 is 0 Å². The first-order valence-corrected chi connectivity index (χ1v) is 6.31. The summed E-state index contributed by atoms with van der Waals surface area (Å²) in [5, 5.41) is 0.763. The van der Waals surface area contributed by atoms with Gasteiger partial charge in [0.1, 0.15) is 0 Å². The molecule has 0 heterocycles. The molecule has 0 saturated carbocycles. The number of nitrogens with two attached hydrogens (primary N) is 1. The molecule has 2 N–H and O–H groups in total. The normalized spacial score (nSPS) is 10.4. The minimum Gasteiger partial charge on any atom is -0.370 e. The van der Waals surface area contributed by atoms with Gasteiger partial charge in [-0.2, -0.15) is 0 Å². The molecule has 3 heteroatoms. The lowest BCUT2D eigenvalue weighted by Crippen LogP contribution is -2.16. The smallest absolute Gasteiger partial charge is 0.0426 e. The number of anilines is 1. The van der Waals surface area contributed by atoms with E-state index in [2.05, 4.69) is 36.2 Å². The lowest BCUT2D eigenvalue weighted by atomic mass is 10.1. The van der Waals surface area contributed by atoms with Gasteiger partial charge < -0.3 is 10.6 Å². The van der Waals surface area contributed by atoms with E-state index in [0.717, 1.165) is 22.8 Å². The molecule has 0 radical (unpaired) electrons. The predicted molar refractivity (Wildman–Crippen MR) is 77.9 cm³/mol. The molecule has 0 fully saturated rings. The van der Waals surface area contributed by atoms with E-state index in [4.69, 9.17) is 17.3 Å². The lowest BCUT2D eigenvalue weighted by molar-refractivity contribution is 0.920. The van der Waals surface area contributed by atoms with Crippen LogP contribution in [-0.2, 0) is 13.1 Å². The van der Waals surface area contributed by atoms with Gasteiger partial charge in [-0.3, -0.25) is 0 Å². The number of hydrogen-bond acceptors (Lipinski definition) is 2. The summed E-state index contributed by atoms with van der Waals surface area (Å²) in [5.74, 6) is 0. The highest BCUT2D eigenvalue weighted by atomic mass is 35.5. The maximum absolute atomic E-state index is 5.88. The molecule has 94 valence electrons. The molecule has 2 aromatic carbocycles. The van der Waals surface area contributed by atoms with Gasteiger partial charge in [-0.05, 0) is 35.4 Å². The topological polar surface area (TPSA) is 29.3 Å². The number of benzene rings is 2. The number of rotatable bonds is 4. The second-order valence-electron chi connectivity index (χ2n) is 4.35. The van der Waals surface area contributed by atoms with Crippen LogP contribution in [-0.4, -0.2) is 7.05 Å². The average molecular weight is 261 g/mol. The van der Waals surface area contributed by atoms with Crippen LogP contribution < -0.4 is 10.6 Å².